The van der Waals surface area contributed by atoms with Gasteiger partial charge in [0.05, 0.1) is 13.7 Å². The molecule has 2 aliphatic heterocycles. The fourth-order valence-electron chi connectivity index (χ4n) is 3.66. The quantitative estimate of drug-likeness (QED) is 0.484. The standard InChI is InChI=1S/C19H16Br2N4OS2/c20-11-2-1-3-12(8-11)24-4-6-25(7-5-24)18(26)17-14-10-27-19-13(9-15(21)28-19)16(14)22-23-17/h1-3,8-9H,4-7,10H2,(H,22,23). The fraction of sp³-hybridized carbons (Fsp3) is 0.263. The Kier molecular flexibility index (Phi) is 5.02. The second-order valence-corrected chi connectivity index (χ2v) is 11.3. The summed E-state index contributed by atoms with van der Waals surface area (Å²) in [4.78, 5) is 17.4. The number of rotatable bonds is 2. The molecule has 0 aliphatic carbocycles. The van der Waals surface area contributed by atoms with E-state index < -0.39 is 0 Å². The van der Waals surface area contributed by atoms with Crippen molar-refractivity contribution in [1.29, 1.82) is 0 Å². The maximum absolute atomic E-state index is 13.2. The lowest BCUT2D eigenvalue weighted by atomic mass is 10.1. The highest BCUT2D eigenvalue weighted by molar-refractivity contribution is 9.11. The molecule has 0 bridgehead atoms. The predicted molar refractivity (Wildman–Crippen MR) is 121 cm³/mol. The molecule has 1 fully saturated rings. The van der Waals surface area contributed by atoms with Gasteiger partial charge in [-0.05, 0) is 40.2 Å². The number of fused-ring (bicyclic) bond motifs is 3. The number of hydrogen-bond donors (Lipinski definition) is 1. The molecular formula is C19H16Br2N4OS2. The van der Waals surface area contributed by atoms with Gasteiger partial charge in [-0.15, -0.1) is 23.1 Å². The molecule has 9 heteroatoms. The van der Waals surface area contributed by atoms with Crippen molar-refractivity contribution < 1.29 is 4.79 Å². The highest BCUT2D eigenvalue weighted by Crippen LogP contribution is 2.47. The van der Waals surface area contributed by atoms with E-state index in [1.54, 1.807) is 23.1 Å². The SMILES string of the molecule is O=C(c1[nH]nc2c1CSc1sc(Br)cc1-2)N1CCN(c2cccc(Br)c2)CC1. The van der Waals surface area contributed by atoms with Crippen LogP contribution in [0.5, 0.6) is 0 Å². The minimum absolute atomic E-state index is 0.0565. The average Bonchev–Trinajstić information content (AvgIpc) is 3.30. The summed E-state index contributed by atoms with van der Waals surface area (Å²) in [6.07, 6.45) is 0. The van der Waals surface area contributed by atoms with Crippen LogP contribution in [-0.4, -0.2) is 47.2 Å². The Morgan fingerprint density at radius 1 is 1.14 bits per heavy atom. The van der Waals surface area contributed by atoms with Crippen molar-refractivity contribution in [3.63, 3.8) is 0 Å². The van der Waals surface area contributed by atoms with E-state index in [0.717, 1.165) is 43.9 Å². The lowest BCUT2D eigenvalue weighted by Gasteiger charge is -2.36. The van der Waals surface area contributed by atoms with Crippen molar-refractivity contribution in [3.8, 4) is 11.3 Å². The fourth-order valence-corrected chi connectivity index (χ4v) is 7.25. The number of carbonyl (C=O) groups excluding carboxylic acids is 1. The number of aromatic nitrogens is 2. The Balaban J connectivity index is 1.33. The van der Waals surface area contributed by atoms with E-state index in [0.29, 0.717) is 18.8 Å². The molecule has 1 N–H and O–H groups in total. The molecule has 4 heterocycles. The van der Waals surface area contributed by atoms with Gasteiger partial charge in [-0.25, -0.2) is 0 Å². The van der Waals surface area contributed by atoms with Crippen molar-refractivity contribution >= 4 is 66.6 Å². The van der Waals surface area contributed by atoms with Crippen LogP contribution in [0.2, 0.25) is 0 Å². The van der Waals surface area contributed by atoms with Crippen molar-refractivity contribution in [2.45, 2.75) is 9.96 Å². The number of anilines is 1. The summed E-state index contributed by atoms with van der Waals surface area (Å²) in [5.74, 6) is 0.839. The number of nitrogens with one attached hydrogen (secondary N) is 1. The van der Waals surface area contributed by atoms with Crippen molar-refractivity contribution in [1.82, 2.24) is 15.1 Å². The monoisotopic (exact) mass is 538 g/mol. The molecule has 5 nitrogen and oxygen atoms in total. The van der Waals surface area contributed by atoms with Crippen LogP contribution in [0.3, 0.4) is 0 Å². The smallest absolute Gasteiger partial charge is 0.272 e. The predicted octanol–water partition coefficient (Wildman–Crippen LogP) is 5.23. The zero-order valence-corrected chi connectivity index (χ0v) is 19.5. The Morgan fingerprint density at radius 3 is 2.75 bits per heavy atom. The molecule has 3 aromatic rings. The van der Waals surface area contributed by atoms with Gasteiger partial charge in [0.1, 0.15) is 5.69 Å². The molecule has 2 aromatic heterocycles. The van der Waals surface area contributed by atoms with Crippen LogP contribution < -0.4 is 4.90 Å². The molecule has 0 unspecified atom stereocenters. The van der Waals surface area contributed by atoms with Gasteiger partial charge < -0.3 is 9.80 Å². The summed E-state index contributed by atoms with van der Waals surface area (Å²) in [7, 11) is 0. The Hall–Kier alpha value is -1.29. The number of H-pyrrole nitrogens is 1. The van der Waals surface area contributed by atoms with E-state index >= 15 is 0 Å². The largest absolute Gasteiger partial charge is 0.368 e. The van der Waals surface area contributed by atoms with Crippen LogP contribution in [0.1, 0.15) is 16.1 Å². The first kappa shape index (κ1) is 18.7. The molecule has 144 valence electrons. The van der Waals surface area contributed by atoms with Crippen LogP contribution in [0, 0.1) is 0 Å². The number of thioether (sulfide) groups is 1. The zero-order chi connectivity index (χ0) is 19.3. The first-order chi connectivity index (χ1) is 13.6. The molecular weight excluding hydrogens is 524 g/mol. The summed E-state index contributed by atoms with van der Waals surface area (Å²) in [5.41, 5.74) is 4.91. The van der Waals surface area contributed by atoms with Crippen LogP contribution in [-0.2, 0) is 5.75 Å². The van der Waals surface area contributed by atoms with Crippen molar-refractivity contribution in [2.75, 3.05) is 31.1 Å². The van der Waals surface area contributed by atoms with Gasteiger partial charge in [0.2, 0.25) is 0 Å². The number of amides is 1. The first-order valence-corrected chi connectivity index (χ1v) is 12.3. The molecule has 28 heavy (non-hydrogen) atoms. The average molecular weight is 540 g/mol. The normalized spacial score (nSPS) is 16.1. The Bertz CT molecular complexity index is 1060. The number of thiophene rings is 1. The summed E-state index contributed by atoms with van der Waals surface area (Å²) >= 11 is 10.6. The molecule has 1 amide bonds. The lowest BCUT2D eigenvalue weighted by Crippen LogP contribution is -2.49. The summed E-state index contributed by atoms with van der Waals surface area (Å²) in [6.45, 7) is 3.08. The maximum atomic E-state index is 13.2. The zero-order valence-electron chi connectivity index (χ0n) is 14.7. The minimum atomic E-state index is 0.0565. The number of aromatic amines is 1. The maximum Gasteiger partial charge on any atom is 0.272 e. The van der Waals surface area contributed by atoms with Gasteiger partial charge >= 0.3 is 0 Å². The summed E-state index contributed by atoms with van der Waals surface area (Å²) in [5, 5.41) is 7.51. The summed E-state index contributed by atoms with van der Waals surface area (Å²) < 4.78 is 3.43. The van der Waals surface area contributed by atoms with Gasteiger partial charge in [0.15, 0.2) is 0 Å². The number of benzene rings is 1. The highest BCUT2D eigenvalue weighted by atomic mass is 79.9. The van der Waals surface area contributed by atoms with Gasteiger partial charge in [0.25, 0.3) is 5.91 Å². The molecule has 2 aliphatic rings. The van der Waals surface area contributed by atoms with E-state index in [4.69, 9.17) is 0 Å². The molecule has 0 saturated carbocycles. The number of nitrogens with zero attached hydrogens (tertiary/aromatic N) is 3. The summed E-state index contributed by atoms with van der Waals surface area (Å²) in [6, 6.07) is 10.4. The van der Waals surface area contributed by atoms with Crippen LogP contribution in [0.15, 0.2) is 42.8 Å². The Labute approximate surface area is 187 Å². The molecule has 0 spiro atoms. The van der Waals surface area contributed by atoms with E-state index in [-0.39, 0.29) is 5.91 Å². The van der Waals surface area contributed by atoms with Gasteiger partial charge in [0, 0.05) is 53.2 Å². The number of hydrogen-bond acceptors (Lipinski definition) is 5. The highest BCUT2D eigenvalue weighted by Gasteiger charge is 2.30. The minimum Gasteiger partial charge on any atom is -0.368 e. The van der Waals surface area contributed by atoms with E-state index in [1.807, 2.05) is 17.0 Å². The van der Waals surface area contributed by atoms with Gasteiger partial charge in [-0.1, -0.05) is 22.0 Å². The van der Waals surface area contributed by atoms with Gasteiger partial charge in [-0.3, -0.25) is 9.89 Å². The van der Waals surface area contributed by atoms with Crippen molar-refractivity contribution in [3.05, 3.63) is 49.8 Å². The second-order valence-electron chi connectivity index (χ2n) is 6.73. The van der Waals surface area contributed by atoms with Crippen LogP contribution in [0.4, 0.5) is 5.69 Å². The molecule has 1 saturated heterocycles. The molecule has 5 rings (SSSR count). The van der Waals surface area contributed by atoms with Crippen LogP contribution >= 0.6 is 55.0 Å². The number of carbonyl (C=O) groups is 1. The first-order valence-electron chi connectivity index (χ1n) is 8.89. The third-order valence-corrected chi connectivity index (χ3v) is 8.54. The van der Waals surface area contributed by atoms with Crippen molar-refractivity contribution in [2.24, 2.45) is 0 Å². The number of halogens is 2. The molecule has 1 aromatic carbocycles. The van der Waals surface area contributed by atoms with Gasteiger partial charge in [-0.2, -0.15) is 5.10 Å². The van der Waals surface area contributed by atoms with E-state index in [2.05, 4.69) is 65.2 Å². The van der Waals surface area contributed by atoms with Crippen LogP contribution in [0.25, 0.3) is 11.3 Å². The van der Waals surface area contributed by atoms with E-state index in [9.17, 15) is 4.79 Å². The Morgan fingerprint density at radius 2 is 1.96 bits per heavy atom. The molecule has 0 atom stereocenters. The van der Waals surface area contributed by atoms with E-state index in [1.165, 1.54) is 9.90 Å². The second kappa shape index (κ2) is 7.51. The lowest BCUT2D eigenvalue weighted by molar-refractivity contribution is 0.0740. The topological polar surface area (TPSA) is 52.2 Å². The number of piperazine rings is 1. The third-order valence-electron chi connectivity index (χ3n) is 5.09. The molecule has 0 radical (unpaired) electrons. The third kappa shape index (κ3) is 3.32.